The van der Waals surface area contributed by atoms with E-state index < -0.39 is 11.9 Å². The van der Waals surface area contributed by atoms with Crippen molar-refractivity contribution in [3.05, 3.63) is 80.7 Å². The Kier molecular flexibility index (Phi) is 5.18. The molecule has 0 radical (unpaired) electrons. The van der Waals surface area contributed by atoms with Gasteiger partial charge in [0.1, 0.15) is 11.6 Å². The number of fused-ring (bicyclic) bond motifs is 2. The van der Waals surface area contributed by atoms with Gasteiger partial charge < -0.3 is 19.5 Å². The number of hydrogen-bond acceptors (Lipinski definition) is 9. The molecule has 6 rings (SSSR count). The van der Waals surface area contributed by atoms with E-state index in [9.17, 15) is 14.4 Å². The standard InChI is InChI=1S/C24H18N4O6S/c29-20-10-15(25-24-28(20)27-22(35-24)13-5-6-13)11-32-23(31)16-3-1-2-4-17(16)26-21(30)14-7-8-18-19(9-14)34-12-33-18/h1-4,7-10,13H,5-6,11-12H2,(H,26,30). The molecule has 2 aliphatic rings. The van der Waals surface area contributed by atoms with Crippen LogP contribution in [0.2, 0.25) is 0 Å². The van der Waals surface area contributed by atoms with E-state index >= 15 is 0 Å². The first kappa shape index (κ1) is 21.3. The zero-order valence-electron chi connectivity index (χ0n) is 18.2. The lowest BCUT2D eigenvalue weighted by Crippen LogP contribution is -2.18. The zero-order valence-corrected chi connectivity index (χ0v) is 19.0. The lowest BCUT2D eigenvalue weighted by Gasteiger charge is -2.11. The Labute approximate surface area is 202 Å². The van der Waals surface area contributed by atoms with E-state index in [2.05, 4.69) is 15.4 Å². The Hall–Kier alpha value is -4.25. The molecule has 176 valence electrons. The summed E-state index contributed by atoms with van der Waals surface area (Å²) in [5, 5.41) is 7.98. The summed E-state index contributed by atoms with van der Waals surface area (Å²) in [6.07, 6.45) is 2.15. The van der Waals surface area contributed by atoms with Gasteiger partial charge in [0.15, 0.2) is 11.5 Å². The summed E-state index contributed by atoms with van der Waals surface area (Å²) >= 11 is 1.38. The van der Waals surface area contributed by atoms with Gasteiger partial charge in [-0.05, 0) is 43.2 Å². The van der Waals surface area contributed by atoms with Crippen molar-refractivity contribution in [2.45, 2.75) is 25.4 Å². The molecule has 4 aromatic rings. The first-order valence-corrected chi connectivity index (χ1v) is 11.7. The summed E-state index contributed by atoms with van der Waals surface area (Å²) in [6, 6.07) is 12.7. The fraction of sp³-hybridized carbons (Fsp3) is 0.208. The number of amides is 1. The molecular weight excluding hydrogens is 472 g/mol. The highest BCUT2D eigenvalue weighted by atomic mass is 32.1. The number of carbonyl (C=O) groups excluding carboxylic acids is 2. The smallest absolute Gasteiger partial charge is 0.340 e. The van der Waals surface area contributed by atoms with E-state index in [0.29, 0.717) is 39.3 Å². The predicted molar refractivity (Wildman–Crippen MR) is 125 cm³/mol. The van der Waals surface area contributed by atoms with Crippen molar-refractivity contribution in [3.63, 3.8) is 0 Å². The molecule has 1 fully saturated rings. The molecule has 0 bridgehead atoms. The van der Waals surface area contributed by atoms with Gasteiger partial charge in [0.25, 0.3) is 11.5 Å². The van der Waals surface area contributed by atoms with Crippen molar-refractivity contribution in [3.8, 4) is 11.5 Å². The monoisotopic (exact) mass is 490 g/mol. The molecule has 0 spiro atoms. The van der Waals surface area contributed by atoms with E-state index in [0.717, 1.165) is 17.8 Å². The Morgan fingerprint density at radius 3 is 2.80 bits per heavy atom. The summed E-state index contributed by atoms with van der Waals surface area (Å²) in [6.45, 7) is -0.0836. The molecule has 11 heteroatoms. The Morgan fingerprint density at radius 1 is 1.11 bits per heavy atom. The highest BCUT2D eigenvalue weighted by Gasteiger charge is 2.28. The number of esters is 1. The molecule has 0 unspecified atom stereocenters. The van der Waals surface area contributed by atoms with Gasteiger partial charge in [0, 0.05) is 17.5 Å². The van der Waals surface area contributed by atoms with Gasteiger partial charge in [-0.2, -0.15) is 9.61 Å². The molecule has 0 atom stereocenters. The molecule has 3 heterocycles. The summed E-state index contributed by atoms with van der Waals surface area (Å²) in [5.41, 5.74) is 0.829. The van der Waals surface area contributed by atoms with Crippen LogP contribution in [-0.4, -0.2) is 33.3 Å². The summed E-state index contributed by atoms with van der Waals surface area (Å²) in [5.74, 6) is 0.388. The lowest BCUT2D eigenvalue weighted by atomic mass is 10.1. The van der Waals surface area contributed by atoms with Crippen LogP contribution in [0.25, 0.3) is 4.96 Å². The largest absolute Gasteiger partial charge is 0.456 e. The van der Waals surface area contributed by atoms with Crippen molar-refractivity contribution in [2.24, 2.45) is 0 Å². The minimum absolute atomic E-state index is 0.105. The molecule has 0 saturated heterocycles. The van der Waals surface area contributed by atoms with E-state index in [-0.39, 0.29) is 24.5 Å². The highest BCUT2D eigenvalue weighted by Crippen LogP contribution is 2.41. The minimum Gasteiger partial charge on any atom is -0.456 e. The number of nitrogens with zero attached hydrogens (tertiary/aromatic N) is 3. The number of carbonyl (C=O) groups is 2. The van der Waals surface area contributed by atoms with Crippen molar-refractivity contribution in [2.75, 3.05) is 12.1 Å². The molecule has 1 aliphatic heterocycles. The second-order valence-electron chi connectivity index (χ2n) is 8.14. The predicted octanol–water partition coefficient (Wildman–Crippen LogP) is 3.37. The summed E-state index contributed by atoms with van der Waals surface area (Å²) in [7, 11) is 0. The van der Waals surface area contributed by atoms with Crippen LogP contribution in [-0.2, 0) is 11.3 Å². The quantitative estimate of drug-likeness (QED) is 0.409. The van der Waals surface area contributed by atoms with E-state index in [1.807, 2.05) is 0 Å². The van der Waals surface area contributed by atoms with E-state index in [4.69, 9.17) is 14.2 Å². The number of aromatic nitrogens is 3. The number of rotatable bonds is 6. The van der Waals surface area contributed by atoms with Gasteiger partial charge in [0.05, 0.1) is 16.9 Å². The van der Waals surface area contributed by atoms with Crippen molar-refractivity contribution < 1.29 is 23.8 Å². The van der Waals surface area contributed by atoms with Crippen LogP contribution in [0.3, 0.4) is 0 Å². The third-order valence-electron chi connectivity index (χ3n) is 5.62. The topological polar surface area (TPSA) is 121 Å². The lowest BCUT2D eigenvalue weighted by molar-refractivity contribution is 0.0469. The second-order valence-corrected chi connectivity index (χ2v) is 9.13. The first-order chi connectivity index (χ1) is 17.0. The van der Waals surface area contributed by atoms with Crippen LogP contribution in [0.1, 0.15) is 50.2 Å². The average Bonchev–Trinajstić information content (AvgIpc) is 3.44. The summed E-state index contributed by atoms with van der Waals surface area (Å²) < 4.78 is 17.3. The fourth-order valence-corrected chi connectivity index (χ4v) is 4.75. The third-order valence-corrected chi connectivity index (χ3v) is 6.69. The van der Waals surface area contributed by atoms with E-state index in [1.54, 1.807) is 42.5 Å². The molecule has 1 aliphatic carbocycles. The van der Waals surface area contributed by atoms with Gasteiger partial charge >= 0.3 is 5.97 Å². The normalized spacial score (nSPS) is 14.2. The number of hydrogen-bond donors (Lipinski definition) is 1. The van der Waals surface area contributed by atoms with Gasteiger partial charge in [-0.3, -0.25) is 9.59 Å². The Balaban J connectivity index is 1.17. The third kappa shape index (κ3) is 4.21. The van der Waals surface area contributed by atoms with Gasteiger partial charge in [-0.25, -0.2) is 9.78 Å². The Bertz CT molecular complexity index is 1540. The maximum absolute atomic E-state index is 12.8. The molecule has 2 aromatic heterocycles. The minimum atomic E-state index is -0.656. The van der Waals surface area contributed by atoms with Crippen LogP contribution in [0, 0.1) is 0 Å². The average molecular weight is 490 g/mol. The van der Waals surface area contributed by atoms with Gasteiger partial charge in [-0.1, -0.05) is 23.5 Å². The first-order valence-electron chi connectivity index (χ1n) is 10.9. The van der Waals surface area contributed by atoms with Crippen molar-refractivity contribution >= 4 is 33.9 Å². The SMILES string of the molecule is O=C(Nc1ccccc1C(=O)OCc1cc(=O)n2nc(C3CC3)sc2n1)c1ccc2c(c1)OCO2. The number of para-hydroxylation sites is 1. The van der Waals surface area contributed by atoms with Crippen LogP contribution in [0.15, 0.2) is 53.3 Å². The molecule has 10 nitrogen and oxygen atoms in total. The van der Waals surface area contributed by atoms with Crippen LogP contribution in [0.4, 0.5) is 5.69 Å². The van der Waals surface area contributed by atoms with Gasteiger partial charge in [0.2, 0.25) is 11.8 Å². The van der Waals surface area contributed by atoms with E-state index in [1.165, 1.54) is 21.9 Å². The second kappa shape index (κ2) is 8.51. The van der Waals surface area contributed by atoms with Gasteiger partial charge in [-0.15, -0.1) is 0 Å². The zero-order chi connectivity index (χ0) is 23.9. The van der Waals surface area contributed by atoms with Crippen molar-refractivity contribution in [1.29, 1.82) is 0 Å². The number of nitrogens with one attached hydrogen (secondary N) is 1. The fourth-order valence-electron chi connectivity index (χ4n) is 3.66. The van der Waals surface area contributed by atoms with Crippen LogP contribution in [0.5, 0.6) is 11.5 Å². The molecule has 35 heavy (non-hydrogen) atoms. The molecule has 1 saturated carbocycles. The maximum atomic E-state index is 12.8. The van der Waals surface area contributed by atoms with Crippen LogP contribution < -0.4 is 20.3 Å². The molecule has 2 aromatic carbocycles. The van der Waals surface area contributed by atoms with Crippen LogP contribution >= 0.6 is 11.3 Å². The Morgan fingerprint density at radius 2 is 1.94 bits per heavy atom. The molecular formula is C24H18N4O6S. The summed E-state index contributed by atoms with van der Waals surface area (Å²) in [4.78, 5) is 42.9. The number of benzene rings is 2. The molecule has 1 N–H and O–H groups in total. The maximum Gasteiger partial charge on any atom is 0.340 e. The van der Waals surface area contributed by atoms with Crippen molar-refractivity contribution in [1.82, 2.24) is 14.6 Å². The highest BCUT2D eigenvalue weighted by molar-refractivity contribution is 7.16. The molecule has 1 amide bonds. The number of anilines is 1. The number of ether oxygens (including phenoxy) is 3.